The second-order valence-electron chi connectivity index (χ2n) is 6.42. The molecule has 2 rings (SSSR count). The molecule has 1 aliphatic rings. The van der Waals surface area contributed by atoms with E-state index in [4.69, 9.17) is 4.74 Å². The van der Waals surface area contributed by atoms with Crippen LogP contribution in [0.25, 0.3) is 0 Å². The maximum atomic E-state index is 5.55. The Labute approximate surface area is 129 Å². The molecule has 0 aromatic heterocycles. The molecule has 0 aliphatic carbocycles. The van der Waals surface area contributed by atoms with Crippen molar-refractivity contribution in [2.45, 2.75) is 33.2 Å². The summed E-state index contributed by atoms with van der Waals surface area (Å²) in [5.74, 6) is 2.59. The number of benzene rings is 1. The van der Waals surface area contributed by atoms with Gasteiger partial charge in [-0.05, 0) is 30.9 Å². The summed E-state index contributed by atoms with van der Waals surface area (Å²) < 4.78 is 5.55. The monoisotopic (exact) mass is 290 g/mol. The number of likely N-dealkylation sites (tertiary alicyclic amines) is 1. The van der Waals surface area contributed by atoms with Gasteiger partial charge in [-0.1, -0.05) is 39.0 Å². The highest BCUT2D eigenvalue weighted by Gasteiger charge is 2.28. The molecule has 0 saturated carbocycles. The summed E-state index contributed by atoms with van der Waals surface area (Å²) in [6.07, 6.45) is 1.15. The highest BCUT2D eigenvalue weighted by molar-refractivity contribution is 5.36. The topological polar surface area (TPSA) is 24.5 Å². The van der Waals surface area contributed by atoms with Gasteiger partial charge in [0, 0.05) is 31.2 Å². The minimum atomic E-state index is 0.346. The first-order valence-electron chi connectivity index (χ1n) is 8.24. The van der Waals surface area contributed by atoms with Crippen molar-refractivity contribution in [1.29, 1.82) is 0 Å². The first-order chi connectivity index (χ1) is 10.2. The molecule has 0 spiro atoms. The molecule has 1 aromatic carbocycles. The number of rotatable bonds is 7. The zero-order chi connectivity index (χ0) is 15.2. The Morgan fingerprint density at radius 2 is 1.90 bits per heavy atom. The van der Waals surface area contributed by atoms with Crippen LogP contribution in [0.1, 0.15) is 38.8 Å². The fourth-order valence-corrected chi connectivity index (χ4v) is 3.20. The number of methoxy groups -OCH3 is 1. The van der Waals surface area contributed by atoms with Crippen molar-refractivity contribution in [2.75, 3.05) is 33.3 Å². The van der Waals surface area contributed by atoms with Gasteiger partial charge in [0.2, 0.25) is 0 Å². The standard InChI is InChI=1S/C18H30N2O/c1-5-10-19-17(13-20-11-14(2)15(3)12-20)16-8-6-7-9-18(16)21-4/h6-9,14-15,17,19H,5,10-13H2,1-4H3. The number of hydrogen-bond acceptors (Lipinski definition) is 3. The lowest BCUT2D eigenvalue weighted by Crippen LogP contribution is -2.34. The van der Waals surface area contributed by atoms with E-state index in [1.165, 1.54) is 18.7 Å². The van der Waals surface area contributed by atoms with Crippen LogP contribution in [0.4, 0.5) is 0 Å². The molecule has 1 saturated heterocycles. The fourth-order valence-electron chi connectivity index (χ4n) is 3.20. The molecule has 3 nitrogen and oxygen atoms in total. The Morgan fingerprint density at radius 3 is 2.52 bits per heavy atom. The van der Waals surface area contributed by atoms with Crippen LogP contribution in [0, 0.1) is 11.8 Å². The third kappa shape index (κ3) is 4.21. The summed E-state index contributed by atoms with van der Waals surface area (Å²) in [5, 5.41) is 3.70. The third-order valence-corrected chi connectivity index (χ3v) is 4.66. The van der Waals surface area contributed by atoms with Crippen LogP contribution in [-0.4, -0.2) is 38.2 Å². The van der Waals surface area contributed by atoms with E-state index < -0.39 is 0 Å². The van der Waals surface area contributed by atoms with Gasteiger partial charge in [0.1, 0.15) is 5.75 Å². The third-order valence-electron chi connectivity index (χ3n) is 4.66. The van der Waals surface area contributed by atoms with Crippen molar-refractivity contribution in [2.24, 2.45) is 11.8 Å². The molecule has 3 heteroatoms. The molecule has 1 fully saturated rings. The number of ether oxygens (including phenoxy) is 1. The molecule has 0 amide bonds. The first kappa shape index (κ1) is 16.3. The molecule has 21 heavy (non-hydrogen) atoms. The summed E-state index contributed by atoms with van der Waals surface area (Å²) in [6.45, 7) is 11.5. The predicted octanol–water partition coefficient (Wildman–Crippen LogP) is 3.32. The van der Waals surface area contributed by atoms with Crippen LogP contribution in [0.15, 0.2) is 24.3 Å². The van der Waals surface area contributed by atoms with Crippen molar-refractivity contribution >= 4 is 0 Å². The van der Waals surface area contributed by atoms with Crippen molar-refractivity contribution in [3.63, 3.8) is 0 Å². The highest BCUT2D eigenvalue weighted by atomic mass is 16.5. The Hall–Kier alpha value is -1.06. The molecule has 0 radical (unpaired) electrons. The maximum Gasteiger partial charge on any atom is 0.123 e. The smallest absolute Gasteiger partial charge is 0.123 e. The van der Waals surface area contributed by atoms with E-state index in [1.807, 2.05) is 6.07 Å². The largest absolute Gasteiger partial charge is 0.496 e. The van der Waals surface area contributed by atoms with Crippen LogP contribution in [0.3, 0.4) is 0 Å². The molecule has 1 N–H and O–H groups in total. The van der Waals surface area contributed by atoms with Gasteiger partial charge in [0.05, 0.1) is 7.11 Å². The second-order valence-corrected chi connectivity index (χ2v) is 6.42. The van der Waals surface area contributed by atoms with E-state index in [-0.39, 0.29) is 0 Å². The summed E-state index contributed by atoms with van der Waals surface area (Å²) >= 11 is 0. The van der Waals surface area contributed by atoms with Gasteiger partial charge < -0.3 is 15.0 Å². The molecule has 3 unspecified atom stereocenters. The SMILES string of the molecule is CCCNC(CN1CC(C)C(C)C1)c1ccccc1OC. The lowest BCUT2D eigenvalue weighted by Gasteiger charge is -2.26. The summed E-state index contributed by atoms with van der Waals surface area (Å²) in [7, 11) is 1.76. The molecule has 1 aliphatic heterocycles. The van der Waals surface area contributed by atoms with E-state index in [9.17, 15) is 0 Å². The summed E-state index contributed by atoms with van der Waals surface area (Å²) in [5.41, 5.74) is 1.28. The molecule has 0 bridgehead atoms. The second kappa shape index (κ2) is 7.81. The normalized spacial score (nSPS) is 24.2. The van der Waals surface area contributed by atoms with Gasteiger partial charge in [-0.2, -0.15) is 0 Å². The van der Waals surface area contributed by atoms with E-state index in [0.717, 1.165) is 37.1 Å². The molecular weight excluding hydrogens is 260 g/mol. The summed E-state index contributed by atoms with van der Waals surface area (Å²) in [4.78, 5) is 2.59. The van der Waals surface area contributed by atoms with Crippen molar-refractivity contribution < 1.29 is 4.74 Å². The molecule has 3 atom stereocenters. The van der Waals surface area contributed by atoms with E-state index in [2.05, 4.69) is 49.2 Å². The highest BCUT2D eigenvalue weighted by Crippen LogP contribution is 2.28. The van der Waals surface area contributed by atoms with Crippen molar-refractivity contribution in [3.8, 4) is 5.75 Å². The van der Waals surface area contributed by atoms with Crippen molar-refractivity contribution in [3.05, 3.63) is 29.8 Å². The van der Waals surface area contributed by atoms with Crippen molar-refractivity contribution in [1.82, 2.24) is 10.2 Å². The minimum absolute atomic E-state index is 0.346. The van der Waals surface area contributed by atoms with Gasteiger partial charge in [-0.25, -0.2) is 0 Å². The van der Waals surface area contributed by atoms with Gasteiger partial charge >= 0.3 is 0 Å². The quantitative estimate of drug-likeness (QED) is 0.833. The van der Waals surface area contributed by atoms with Crippen LogP contribution in [0.2, 0.25) is 0 Å². The van der Waals surface area contributed by atoms with Crippen LogP contribution in [0.5, 0.6) is 5.75 Å². The van der Waals surface area contributed by atoms with E-state index >= 15 is 0 Å². The van der Waals surface area contributed by atoms with Gasteiger partial charge in [-0.3, -0.25) is 0 Å². The van der Waals surface area contributed by atoms with Crippen LogP contribution < -0.4 is 10.1 Å². The fraction of sp³-hybridized carbons (Fsp3) is 0.667. The van der Waals surface area contributed by atoms with Gasteiger partial charge in [-0.15, -0.1) is 0 Å². The number of hydrogen-bond donors (Lipinski definition) is 1. The Bertz CT molecular complexity index is 425. The first-order valence-corrected chi connectivity index (χ1v) is 8.24. The van der Waals surface area contributed by atoms with Crippen LogP contribution in [-0.2, 0) is 0 Å². The van der Waals surface area contributed by atoms with Crippen LogP contribution >= 0.6 is 0 Å². The average molecular weight is 290 g/mol. The average Bonchev–Trinajstić information content (AvgIpc) is 2.81. The zero-order valence-electron chi connectivity index (χ0n) is 13.9. The lowest BCUT2D eigenvalue weighted by atomic mass is 10.0. The Balaban J connectivity index is 2.10. The Kier molecular flexibility index (Phi) is 6.07. The van der Waals surface area contributed by atoms with Gasteiger partial charge in [0.15, 0.2) is 0 Å². The predicted molar refractivity (Wildman–Crippen MR) is 88.8 cm³/mol. The number of nitrogens with zero attached hydrogens (tertiary/aromatic N) is 1. The molecule has 118 valence electrons. The molecular formula is C18H30N2O. The number of para-hydroxylation sites is 1. The van der Waals surface area contributed by atoms with E-state index in [1.54, 1.807) is 7.11 Å². The summed E-state index contributed by atoms with van der Waals surface area (Å²) in [6, 6.07) is 8.74. The minimum Gasteiger partial charge on any atom is -0.496 e. The Morgan fingerprint density at radius 1 is 1.24 bits per heavy atom. The maximum absolute atomic E-state index is 5.55. The zero-order valence-corrected chi connectivity index (χ0v) is 13.9. The van der Waals surface area contributed by atoms with E-state index in [0.29, 0.717) is 6.04 Å². The lowest BCUT2D eigenvalue weighted by molar-refractivity contribution is 0.277. The van der Waals surface area contributed by atoms with Gasteiger partial charge in [0.25, 0.3) is 0 Å². The number of nitrogens with one attached hydrogen (secondary N) is 1. The molecule has 1 aromatic rings. The molecule has 1 heterocycles.